The van der Waals surface area contributed by atoms with Crippen LogP contribution in [0.25, 0.3) is 20.9 Å². The fourth-order valence-corrected chi connectivity index (χ4v) is 2.01. The molecule has 0 saturated carbocycles. The van der Waals surface area contributed by atoms with Crippen molar-refractivity contribution in [2.24, 2.45) is 10.6 Å². The second kappa shape index (κ2) is 7.55. The van der Waals surface area contributed by atoms with Crippen molar-refractivity contribution in [3.63, 3.8) is 0 Å². The molecule has 1 aromatic rings. The highest BCUT2D eigenvalue weighted by atomic mass is 16.7. The van der Waals surface area contributed by atoms with Gasteiger partial charge in [0.2, 0.25) is 0 Å². The molecule has 0 amide bonds. The lowest BCUT2D eigenvalue weighted by molar-refractivity contribution is 0.0496. The van der Waals surface area contributed by atoms with E-state index in [-0.39, 0.29) is 29.2 Å². The van der Waals surface area contributed by atoms with Crippen molar-refractivity contribution in [2.75, 3.05) is 6.61 Å². The monoisotopic (exact) mass is 348 g/mol. The molecule has 1 atom stereocenters. The number of nitrogens with zero attached hydrogens (tertiary/aromatic N) is 6. The fraction of sp³-hybridized carbons (Fsp3) is 0.250. The zero-order valence-corrected chi connectivity index (χ0v) is 12.5. The van der Waals surface area contributed by atoms with E-state index in [4.69, 9.17) is 20.5 Å². The molecule has 13 heteroatoms. The lowest BCUT2D eigenvalue weighted by atomic mass is 10.0. The second-order valence-electron chi connectivity index (χ2n) is 4.50. The average Bonchev–Trinajstić information content (AvgIpc) is 2.74. The molecule has 0 aliphatic carbocycles. The van der Waals surface area contributed by atoms with Gasteiger partial charge in [-0.05, 0) is 24.1 Å². The van der Waals surface area contributed by atoms with Gasteiger partial charge in [0.1, 0.15) is 40.1 Å². The summed E-state index contributed by atoms with van der Waals surface area (Å²) in [7, 11) is 0. The van der Waals surface area contributed by atoms with Crippen LogP contribution in [-0.2, 0) is 9.68 Å². The molecular formula is C12H8N6O7. The SMILES string of the molecule is CC1COc2c(C(=O)ON=[N+]=[N-])cc(C=O)c(c2C(=O)ON=[N+]=[N-])O1. The zero-order valence-electron chi connectivity index (χ0n) is 12.5. The third-order valence-corrected chi connectivity index (χ3v) is 2.91. The summed E-state index contributed by atoms with van der Waals surface area (Å²) >= 11 is 0. The summed E-state index contributed by atoms with van der Waals surface area (Å²) in [6, 6.07) is 1.04. The van der Waals surface area contributed by atoms with Crippen LogP contribution in [0.3, 0.4) is 0 Å². The standard InChI is InChI=1S/C12H8N6O7/c1-5-4-22-10-7(11(20)24-17-15-13)2-6(3-19)9(23-5)8(10)12(21)25-18-16-14/h2-3,5H,4H2,1H3. The Balaban J connectivity index is 2.71. The Hall–Kier alpha value is -3.95. The van der Waals surface area contributed by atoms with E-state index in [1.54, 1.807) is 6.92 Å². The predicted molar refractivity (Wildman–Crippen MR) is 76.5 cm³/mol. The van der Waals surface area contributed by atoms with Crippen molar-refractivity contribution in [1.82, 2.24) is 0 Å². The molecule has 1 unspecified atom stereocenters. The fourth-order valence-electron chi connectivity index (χ4n) is 2.01. The molecule has 0 radical (unpaired) electrons. The van der Waals surface area contributed by atoms with Gasteiger partial charge in [0.15, 0.2) is 12.0 Å². The minimum absolute atomic E-state index is 0.0879. The molecule has 1 aliphatic heterocycles. The Morgan fingerprint density at radius 3 is 2.48 bits per heavy atom. The molecule has 128 valence electrons. The Bertz CT molecular complexity index is 841. The highest BCUT2D eigenvalue weighted by molar-refractivity contribution is 6.05. The molecule has 2 rings (SSSR count). The zero-order chi connectivity index (χ0) is 18.4. The van der Waals surface area contributed by atoms with Crippen LogP contribution in [0.15, 0.2) is 16.6 Å². The quantitative estimate of drug-likeness (QED) is 0.257. The third kappa shape index (κ3) is 3.52. The van der Waals surface area contributed by atoms with Crippen LogP contribution >= 0.6 is 0 Å². The van der Waals surface area contributed by atoms with E-state index in [1.165, 1.54) is 0 Å². The van der Waals surface area contributed by atoms with E-state index < -0.39 is 23.6 Å². The second-order valence-corrected chi connectivity index (χ2v) is 4.50. The largest absolute Gasteiger partial charge is 0.488 e. The van der Waals surface area contributed by atoms with Gasteiger partial charge in [-0.15, -0.1) is 0 Å². The van der Waals surface area contributed by atoms with Crippen LogP contribution in [0.4, 0.5) is 0 Å². The molecule has 1 aliphatic rings. The predicted octanol–water partition coefficient (Wildman–Crippen LogP) is 2.42. The van der Waals surface area contributed by atoms with Gasteiger partial charge >= 0.3 is 11.9 Å². The first kappa shape index (κ1) is 17.4. The Morgan fingerprint density at radius 2 is 1.88 bits per heavy atom. The number of aldehydes is 1. The number of azide groups is 2. The molecule has 0 N–H and O–H groups in total. The summed E-state index contributed by atoms with van der Waals surface area (Å²) in [6.45, 7) is 1.50. The van der Waals surface area contributed by atoms with Crippen molar-refractivity contribution in [2.45, 2.75) is 13.0 Å². The molecule has 0 aromatic heterocycles. The van der Waals surface area contributed by atoms with Gasteiger partial charge in [-0.2, -0.15) is 0 Å². The first-order valence-electron chi connectivity index (χ1n) is 6.50. The van der Waals surface area contributed by atoms with Crippen LogP contribution in [-0.4, -0.2) is 30.9 Å². The molecule has 13 nitrogen and oxygen atoms in total. The first-order chi connectivity index (χ1) is 12.0. The summed E-state index contributed by atoms with van der Waals surface area (Å²) < 4.78 is 10.8. The Morgan fingerprint density at radius 1 is 1.24 bits per heavy atom. The topological polar surface area (TPSA) is 186 Å². The van der Waals surface area contributed by atoms with Crippen LogP contribution in [0.5, 0.6) is 11.5 Å². The van der Waals surface area contributed by atoms with Crippen LogP contribution in [0.2, 0.25) is 0 Å². The normalized spacial score (nSPS) is 14.4. The van der Waals surface area contributed by atoms with Gasteiger partial charge in [0, 0.05) is 9.82 Å². The number of carbonyl (C=O) groups is 3. The van der Waals surface area contributed by atoms with Crippen molar-refractivity contribution in [3.8, 4) is 11.5 Å². The number of benzene rings is 1. The summed E-state index contributed by atoms with van der Waals surface area (Å²) in [6.07, 6.45) is -0.267. The maximum absolute atomic E-state index is 12.2. The van der Waals surface area contributed by atoms with Gasteiger partial charge in [-0.3, -0.25) is 4.79 Å². The number of hydrogen-bond donors (Lipinski definition) is 0. The molecule has 25 heavy (non-hydrogen) atoms. The van der Waals surface area contributed by atoms with Gasteiger partial charge in [0.05, 0.1) is 5.56 Å². The maximum Gasteiger partial charge on any atom is 0.357 e. The lowest BCUT2D eigenvalue weighted by Gasteiger charge is -2.14. The molecule has 2 bridgehead atoms. The third-order valence-electron chi connectivity index (χ3n) is 2.91. The molecule has 0 saturated heterocycles. The van der Waals surface area contributed by atoms with Gasteiger partial charge in [0.25, 0.3) is 0 Å². The smallest absolute Gasteiger partial charge is 0.357 e. The van der Waals surface area contributed by atoms with Crippen molar-refractivity contribution >= 4 is 18.2 Å². The molecule has 0 spiro atoms. The Labute approximate surface area is 138 Å². The molecule has 1 heterocycles. The molecule has 1 aromatic carbocycles. The van der Waals surface area contributed by atoms with Crippen LogP contribution in [0.1, 0.15) is 38.0 Å². The van der Waals surface area contributed by atoms with Crippen molar-refractivity contribution in [3.05, 3.63) is 43.6 Å². The van der Waals surface area contributed by atoms with E-state index in [2.05, 4.69) is 30.1 Å². The minimum Gasteiger partial charge on any atom is -0.488 e. The van der Waals surface area contributed by atoms with E-state index in [0.717, 1.165) is 6.07 Å². The van der Waals surface area contributed by atoms with E-state index in [0.29, 0.717) is 6.29 Å². The van der Waals surface area contributed by atoms with Crippen LogP contribution in [0, 0.1) is 0 Å². The maximum atomic E-state index is 12.2. The minimum atomic E-state index is -1.22. The van der Waals surface area contributed by atoms with Gasteiger partial charge < -0.3 is 19.1 Å². The van der Waals surface area contributed by atoms with E-state index in [9.17, 15) is 14.4 Å². The van der Waals surface area contributed by atoms with Crippen LogP contribution < -0.4 is 9.47 Å². The molecule has 0 fully saturated rings. The highest BCUT2D eigenvalue weighted by Crippen LogP contribution is 2.39. The number of rotatable bonds is 5. The first-order valence-corrected chi connectivity index (χ1v) is 6.50. The lowest BCUT2D eigenvalue weighted by Crippen LogP contribution is -2.19. The average molecular weight is 348 g/mol. The summed E-state index contributed by atoms with van der Waals surface area (Å²) in [5, 5.41) is 5.32. The van der Waals surface area contributed by atoms with E-state index >= 15 is 0 Å². The molecular weight excluding hydrogens is 340 g/mol. The van der Waals surface area contributed by atoms with Crippen molar-refractivity contribution < 1.29 is 33.5 Å². The number of ether oxygens (including phenoxy) is 2. The summed E-state index contributed by atoms with van der Waals surface area (Å²) in [5.74, 6) is -2.96. The highest BCUT2D eigenvalue weighted by Gasteiger charge is 2.33. The Kier molecular flexibility index (Phi) is 5.25. The van der Waals surface area contributed by atoms with Gasteiger partial charge in [-0.1, -0.05) is 0 Å². The number of hydrogen-bond acceptors (Lipinski definition) is 9. The number of fused-ring (bicyclic) bond motifs is 2. The summed E-state index contributed by atoms with van der Waals surface area (Å²) in [4.78, 5) is 48.6. The van der Waals surface area contributed by atoms with Gasteiger partial charge in [-0.25, -0.2) is 9.59 Å². The van der Waals surface area contributed by atoms with Crippen molar-refractivity contribution in [1.29, 1.82) is 0 Å². The van der Waals surface area contributed by atoms with E-state index in [1.807, 2.05) is 0 Å². The number of carbonyl (C=O) groups excluding carboxylic acids is 3. The summed E-state index contributed by atoms with van der Waals surface area (Å²) in [5.41, 5.74) is 15.4.